The molecule has 1 fully saturated rings. The summed E-state index contributed by atoms with van der Waals surface area (Å²) in [6, 6.07) is 5.50. The summed E-state index contributed by atoms with van der Waals surface area (Å²) >= 11 is 0. The molecule has 8 nitrogen and oxygen atoms in total. The van der Waals surface area contributed by atoms with Gasteiger partial charge in [0.25, 0.3) is 5.89 Å². The second-order valence-electron chi connectivity index (χ2n) is 6.01. The van der Waals surface area contributed by atoms with Gasteiger partial charge in [-0.3, -0.25) is 4.79 Å². The van der Waals surface area contributed by atoms with E-state index in [9.17, 15) is 10.1 Å². The van der Waals surface area contributed by atoms with Gasteiger partial charge in [-0.15, -0.1) is 0 Å². The molecule has 25 heavy (non-hydrogen) atoms. The van der Waals surface area contributed by atoms with Crippen molar-refractivity contribution in [2.45, 2.75) is 12.8 Å². The van der Waals surface area contributed by atoms with Gasteiger partial charge in [0, 0.05) is 32.6 Å². The maximum absolute atomic E-state index is 12.3. The molecule has 1 aliphatic rings. The number of nitrogens with zero attached hydrogens (tertiary/aromatic N) is 4. The summed E-state index contributed by atoms with van der Waals surface area (Å²) in [6.45, 7) is 1.50. The van der Waals surface area contributed by atoms with E-state index in [-0.39, 0.29) is 30.0 Å². The van der Waals surface area contributed by atoms with Gasteiger partial charge < -0.3 is 23.7 Å². The Morgan fingerprint density at radius 3 is 2.88 bits per heavy atom. The zero-order valence-electron chi connectivity index (χ0n) is 14.0. The summed E-state index contributed by atoms with van der Waals surface area (Å²) in [5.41, 5.74) is 0.216. The molecule has 1 saturated heterocycles. The van der Waals surface area contributed by atoms with Crippen molar-refractivity contribution in [1.82, 2.24) is 9.88 Å². The van der Waals surface area contributed by atoms with Crippen LogP contribution in [0.15, 0.2) is 27.2 Å². The fourth-order valence-electron chi connectivity index (χ4n) is 3.01. The maximum Gasteiger partial charge on any atom is 0.266 e. The van der Waals surface area contributed by atoms with Gasteiger partial charge in [-0.05, 0) is 25.0 Å². The molecule has 1 N–H and O–H groups in total. The largest absolute Gasteiger partial charge is 0.459 e. The van der Waals surface area contributed by atoms with E-state index in [1.165, 1.54) is 6.26 Å². The van der Waals surface area contributed by atoms with Crippen molar-refractivity contribution in [2.75, 3.05) is 38.2 Å². The quantitative estimate of drug-likeness (QED) is 0.875. The minimum Gasteiger partial charge on any atom is -0.459 e. The molecule has 0 bridgehead atoms. The normalized spacial score (nSPS) is 15.2. The molecule has 0 saturated carbocycles. The molecule has 1 amide bonds. The summed E-state index contributed by atoms with van der Waals surface area (Å²) in [7, 11) is 1.70. The highest BCUT2D eigenvalue weighted by atomic mass is 16.4. The molecule has 3 rings (SSSR count). The molecule has 0 aliphatic carbocycles. The second kappa shape index (κ2) is 7.40. The van der Waals surface area contributed by atoms with E-state index in [4.69, 9.17) is 13.9 Å². The molecule has 8 heteroatoms. The Morgan fingerprint density at radius 1 is 1.52 bits per heavy atom. The van der Waals surface area contributed by atoms with Crippen molar-refractivity contribution in [1.29, 1.82) is 5.26 Å². The van der Waals surface area contributed by atoms with E-state index >= 15 is 0 Å². The van der Waals surface area contributed by atoms with Gasteiger partial charge in [-0.25, -0.2) is 0 Å². The number of furan rings is 1. The molecule has 2 aromatic rings. The van der Waals surface area contributed by atoms with Crippen LogP contribution in [0.1, 0.15) is 18.5 Å². The third kappa shape index (κ3) is 3.51. The molecule has 1 aliphatic heterocycles. The summed E-state index contributed by atoms with van der Waals surface area (Å²) in [5.74, 6) is 1.13. The smallest absolute Gasteiger partial charge is 0.266 e. The second-order valence-corrected chi connectivity index (χ2v) is 6.01. The van der Waals surface area contributed by atoms with Crippen molar-refractivity contribution in [2.24, 2.45) is 5.92 Å². The zero-order valence-corrected chi connectivity index (χ0v) is 14.0. The Labute approximate surface area is 145 Å². The zero-order chi connectivity index (χ0) is 17.8. The highest BCUT2D eigenvalue weighted by Gasteiger charge is 2.30. The minimum atomic E-state index is -0.0780. The van der Waals surface area contributed by atoms with E-state index in [2.05, 4.69) is 11.1 Å². The molecule has 0 radical (unpaired) electrons. The van der Waals surface area contributed by atoms with Crippen LogP contribution in [-0.2, 0) is 4.79 Å². The number of hydrogen-bond acceptors (Lipinski definition) is 7. The third-order valence-electron chi connectivity index (χ3n) is 4.39. The Morgan fingerprint density at radius 2 is 2.28 bits per heavy atom. The average Bonchev–Trinajstić information content (AvgIpc) is 3.30. The lowest BCUT2D eigenvalue weighted by Crippen LogP contribution is -2.42. The number of hydrogen-bond donors (Lipinski definition) is 1. The molecule has 0 spiro atoms. The first-order valence-corrected chi connectivity index (χ1v) is 8.19. The Balaban J connectivity index is 1.69. The van der Waals surface area contributed by atoms with Crippen LogP contribution in [0.4, 0.5) is 5.88 Å². The fourth-order valence-corrected chi connectivity index (χ4v) is 3.01. The van der Waals surface area contributed by atoms with Gasteiger partial charge in [-0.2, -0.15) is 10.2 Å². The lowest BCUT2D eigenvalue weighted by Gasteiger charge is -2.32. The summed E-state index contributed by atoms with van der Waals surface area (Å²) in [6.07, 6.45) is 2.84. The molecule has 0 unspecified atom stereocenters. The number of likely N-dealkylation sites (N-methyl/N-ethyl adjacent to an activating group) is 1. The van der Waals surface area contributed by atoms with Crippen LogP contribution in [0.3, 0.4) is 0 Å². The molecule has 0 atom stereocenters. The highest BCUT2D eigenvalue weighted by Crippen LogP contribution is 2.31. The fraction of sp³-hybridized carbons (Fsp3) is 0.471. The number of piperidine rings is 1. The van der Waals surface area contributed by atoms with Crippen LogP contribution < -0.4 is 4.90 Å². The molecular weight excluding hydrogens is 324 g/mol. The lowest BCUT2D eigenvalue weighted by molar-refractivity contribution is -0.135. The van der Waals surface area contributed by atoms with E-state index in [0.29, 0.717) is 44.1 Å². The van der Waals surface area contributed by atoms with Crippen LogP contribution in [-0.4, -0.2) is 54.2 Å². The number of nitriles is 1. The first kappa shape index (κ1) is 17.0. The number of carbonyl (C=O) groups is 1. The predicted octanol–water partition coefficient (Wildman–Crippen LogP) is 1.47. The van der Waals surface area contributed by atoms with Crippen LogP contribution in [0, 0.1) is 17.2 Å². The Bertz CT molecular complexity index is 754. The lowest BCUT2D eigenvalue weighted by atomic mass is 9.95. The molecular formula is C17H20N4O4. The highest BCUT2D eigenvalue weighted by molar-refractivity contribution is 5.79. The van der Waals surface area contributed by atoms with Crippen LogP contribution >= 0.6 is 0 Å². The van der Waals surface area contributed by atoms with E-state index in [0.717, 1.165) is 0 Å². The topological polar surface area (TPSA) is 107 Å². The van der Waals surface area contributed by atoms with Gasteiger partial charge in [0.2, 0.25) is 17.5 Å². The molecule has 132 valence electrons. The number of carbonyl (C=O) groups excluding carboxylic acids is 1. The van der Waals surface area contributed by atoms with Gasteiger partial charge in [0.15, 0.2) is 5.76 Å². The van der Waals surface area contributed by atoms with Crippen LogP contribution in [0.25, 0.3) is 11.7 Å². The van der Waals surface area contributed by atoms with Crippen molar-refractivity contribution in [3.8, 4) is 17.7 Å². The number of rotatable bonds is 5. The predicted molar refractivity (Wildman–Crippen MR) is 88.6 cm³/mol. The van der Waals surface area contributed by atoms with E-state index in [1.54, 1.807) is 24.1 Å². The van der Waals surface area contributed by atoms with Crippen molar-refractivity contribution in [3.63, 3.8) is 0 Å². The first-order chi connectivity index (χ1) is 12.1. The van der Waals surface area contributed by atoms with Gasteiger partial charge >= 0.3 is 0 Å². The Hall–Kier alpha value is -2.79. The molecule has 2 aromatic heterocycles. The van der Waals surface area contributed by atoms with Crippen LogP contribution in [0.2, 0.25) is 0 Å². The van der Waals surface area contributed by atoms with Crippen molar-refractivity contribution >= 4 is 11.8 Å². The van der Waals surface area contributed by atoms with Crippen molar-refractivity contribution < 1.29 is 18.7 Å². The molecule has 0 aromatic carbocycles. The third-order valence-corrected chi connectivity index (χ3v) is 4.39. The van der Waals surface area contributed by atoms with Crippen molar-refractivity contribution in [3.05, 3.63) is 24.1 Å². The summed E-state index contributed by atoms with van der Waals surface area (Å²) < 4.78 is 11.0. The number of aliphatic hydroxyl groups is 1. The maximum atomic E-state index is 12.3. The SMILES string of the molecule is CN(CCO)C(=O)C1CCN(c2oc(-c3ccco3)nc2C#N)CC1. The monoisotopic (exact) mass is 344 g/mol. The number of anilines is 1. The van der Waals surface area contributed by atoms with Crippen LogP contribution in [0.5, 0.6) is 0 Å². The Kier molecular flexibility index (Phi) is 5.05. The van der Waals surface area contributed by atoms with Gasteiger partial charge in [0.05, 0.1) is 12.9 Å². The number of aromatic nitrogens is 1. The number of amides is 1. The standard InChI is InChI=1S/C17H20N4O4/c1-20(8-9-22)16(23)12-4-6-21(7-5-12)17-13(11-18)19-15(25-17)14-3-2-10-24-14/h2-3,10,12,22H,4-9H2,1H3. The number of aliphatic hydroxyl groups excluding tert-OH is 1. The average molecular weight is 344 g/mol. The van der Waals surface area contributed by atoms with Gasteiger partial charge in [0.1, 0.15) is 6.07 Å². The van der Waals surface area contributed by atoms with E-state index < -0.39 is 0 Å². The molecule has 3 heterocycles. The summed E-state index contributed by atoms with van der Waals surface area (Å²) in [5, 5.41) is 18.3. The number of oxazole rings is 1. The van der Waals surface area contributed by atoms with Gasteiger partial charge in [-0.1, -0.05) is 0 Å². The first-order valence-electron chi connectivity index (χ1n) is 8.19. The minimum absolute atomic E-state index is 0.0414. The summed E-state index contributed by atoms with van der Waals surface area (Å²) in [4.78, 5) is 20.0. The van der Waals surface area contributed by atoms with E-state index in [1.807, 2.05) is 4.90 Å².